The fourth-order valence-electron chi connectivity index (χ4n) is 4.90. The number of rotatable bonds is 2. The van der Waals surface area contributed by atoms with Crippen LogP contribution in [0.1, 0.15) is 28.9 Å². The van der Waals surface area contributed by atoms with E-state index in [0.29, 0.717) is 0 Å². The van der Waals surface area contributed by atoms with Gasteiger partial charge in [-0.2, -0.15) is 0 Å². The number of hydrogen-bond acceptors (Lipinski definition) is 4. The summed E-state index contributed by atoms with van der Waals surface area (Å²) in [6.45, 7) is 10.3. The Labute approximate surface area is 171 Å². The summed E-state index contributed by atoms with van der Waals surface area (Å²) in [4.78, 5) is 12.1. The lowest BCUT2D eigenvalue weighted by Gasteiger charge is -2.19. The number of nitrogens with two attached hydrogens (primary N) is 1. The molecule has 1 fully saturated rings. The van der Waals surface area contributed by atoms with Gasteiger partial charge in [-0.05, 0) is 51.3 Å². The molecule has 3 heterocycles. The Hall–Kier alpha value is -2.92. The molecule has 0 spiro atoms. The van der Waals surface area contributed by atoms with Gasteiger partial charge in [0.25, 0.3) is 0 Å². The Kier molecular flexibility index (Phi) is 4.10. The van der Waals surface area contributed by atoms with Gasteiger partial charge >= 0.3 is 0 Å². The normalized spacial score (nSPS) is 17.0. The van der Waals surface area contributed by atoms with Crippen molar-refractivity contribution >= 4 is 27.8 Å². The van der Waals surface area contributed by atoms with Gasteiger partial charge in [0.05, 0.1) is 16.6 Å². The van der Waals surface area contributed by atoms with Crippen LogP contribution >= 0.6 is 0 Å². The molecule has 0 bridgehead atoms. The summed E-state index contributed by atoms with van der Waals surface area (Å²) in [6, 6.07) is 13.3. The van der Waals surface area contributed by atoms with Gasteiger partial charge in [0.15, 0.2) is 5.65 Å². The smallest absolute Gasteiger partial charge is 0.151 e. The summed E-state index contributed by atoms with van der Waals surface area (Å²) >= 11 is 0. The lowest BCUT2D eigenvalue weighted by atomic mass is 10.0. The molecule has 4 aromatic rings. The fraction of sp³-hybridized carbons (Fsp3) is 0.333. The van der Waals surface area contributed by atoms with Gasteiger partial charge in [-0.25, -0.2) is 9.97 Å². The molecule has 5 nitrogen and oxygen atoms in total. The largest absolute Gasteiger partial charge is 0.354 e. The molecular formula is C24H27N5. The molecular weight excluding hydrogens is 358 g/mol. The number of aromatic nitrogens is 3. The van der Waals surface area contributed by atoms with Crippen molar-refractivity contribution in [3.8, 4) is 5.69 Å². The molecule has 2 aromatic heterocycles. The van der Waals surface area contributed by atoms with Crippen molar-refractivity contribution in [1.29, 1.82) is 0 Å². The summed E-state index contributed by atoms with van der Waals surface area (Å²) in [5, 5.41) is 2.32. The van der Waals surface area contributed by atoms with E-state index in [4.69, 9.17) is 15.7 Å². The van der Waals surface area contributed by atoms with E-state index in [1.54, 1.807) is 0 Å². The van der Waals surface area contributed by atoms with Crippen molar-refractivity contribution in [2.24, 2.45) is 5.73 Å². The van der Waals surface area contributed by atoms with E-state index in [9.17, 15) is 0 Å². The monoisotopic (exact) mass is 385 g/mol. The minimum atomic E-state index is 0.204. The molecule has 5 rings (SSSR count). The highest BCUT2D eigenvalue weighted by Crippen LogP contribution is 2.38. The third-order valence-corrected chi connectivity index (χ3v) is 5.99. The zero-order valence-corrected chi connectivity index (χ0v) is 17.5. The molecule has 0 aliphatic carbocycles. The highest BCUT2D eigenvalue weighted by Gasteiger charge is 2.26. The SMILES string of the molecule is Cc1cc(C)c(-n2c3ccccc3c3c(N4CCC(N)C4)nc(C)nc32)c(C)c1. The maximum Gasteiger partial charge on any atom is 0.151 e. The van der Waals surface area contributed by atoms with Gasteiger partial charge < -0.3 is 10.6 Å². The lowest BCUT2D eigenvalue weighted by molar-refractivity contribution is 0.751. The van der Waals surface area contributed by atoms with E-state index in [1.165, 1.54) is 33.3 Å². The summed E-state index contributed by atoms with van der Waals surface area (Å²) in [7, 11) is 0. The highest BCUT2D eigenvalue weighted by atomic mass is 15.2. The van der Waals surface area contributed by atoms with Crippen molar-refractivity contribution in [3.63, 3.8) is 0 Å². The quantitative estimate of drug-likeness (QED) is 0.557. The first kappa shape index (κ1) is 18.1. The summed E-state index contributed by atoms with van der Waals surface area (Å²) < 4.78 is 2.32. The minimum Gasteiger partial charge on any atom is -0.354 e. The Morgan fingerprint density at radius 1 is 1.00 bits per heavy atom. The van der Waals surface area contributed by atoms with Crippen LogP contribution < -0.4 is 10.6 Å². The van der Waals surface area contributed by atoms with Gasteiger partial charge in [-0.15, -0.1) is 0 Å². The van der Waals surface area contributed by atoms with Gasteiger partial charge in [-0.1, -0.05) is 35.9 Å². The zero-order valence-electron chi connectivity index (χ0n) is 17.5. The lowest BCUT2D eigenvalue weighted by Crippen LogP contribution is -2.27. The number of benzene rings is 2. The average molecular weight is 386 g/mol. The Morgan fingerprint density at radius 2 is 1.72 bits per heavy atom. The summed E-state index contributed by atoms with van der Waals surface area (Å²) in [5.41, 5.74) is 13.4. The van der Waals surface area contributed by atoms with E-state index in [1.807, 2.05) is 6.92 Å². The van der Waals surface area contributed by atoms with Gasteiger partial charge in [0.2, 0.25) is 0 Å². The average Bonchev–Trinajstić information content (AvgIpc) is 3.23. The van der Waals surface area contributed by atoms with E-state index in [-0.39, 0.29) is 6.04 Å². The first-order valence-corrected chi connectivity index (χ1v) is 10.3. The Morgan fingerprint density at radius 3 is 2.41 bits per heavy atom. The molecule has 1 aliphatic rings. The third kappa shape index (κ3) is 2.80. The van der Waals surface area contributed by atoms with Crippen LogP contribution in [0, 0.1) is 27.7 Å². The first-order valence-electron chi connectivity index (χ1n) is 10.3. The van der Waals surface area contributed by atoms with Crippen molar-refractivity contribution in [3.05, 3.63) is 58.9 Å². The molecule has 1 aliphatic heterocycles. The van der Waals surface area contributed by atoms with Gasteiger partial charge in [0.1, 0.15) is 11.6 Å². The van der Waals surface area contributed by atoms with Crippen molar-refractivity contribution < 1.29 is 0 Å². The van der Waals surface area contributed by atoms with Crippen LogP contribution in [0.4, 0.5) is 5.82 Å². The van der Waals surface area contributed by atoms with Gasteiger partial charge in [0, 0.05) is 24.5 Å². The maximum atomic E-state index is 6.22. The fourth-order valence-corrected chi connectivity index (χ4v) is 4.90. The topological polar surface area (TPSA) is 60.0 Å². The first-order chi connectivity index (χ1) is 13.9. The van der Waals surface area contributed by atoms with Crippen LogP contribution in [0.5, 0.6) is 0 Å². The molecule has 1 saturated heterocycles. The van der Waals surface area contributed by atoms with E-state index in [0.717, 1.165) is 42.2 Å². The predicted molar refractivity (Wildman–Crippen MR) is 120 cm³/mol. The second kappa shape index (κ2) is 6.56. The Bertz CT molecular complexity index is 1230. The van der Waals surface area contributed by atoms with Crippen molar-refractivity contribution in [2.75, 3.05) is 18.0 Å². The second-order valence-corrected chi connectivity index (χ2v) is 8.39. The molecule has 1 atom stereocenters. The minimum absolute atomic E-state index is 0.204. The molecule has 2 aromatic carbocycles. The molecule has 0 amide bonds. The van der Waals surface area contributed by atoms with Crippen molar-refractivity contribution in [2.45, 2.75) is 40.2 Å². The van der Waals surface area contributed by atoms with Crippen LogP contribution in [0.15, 0.2) is 36.4 Å². The Balaban J connectivity index is 1.92. The molecule has 29 heavy (non-hydrogen) atoms. The van der Waals surface area contributed by atoms with E-state index >= 15 is 0 Å². The summed E-state index contributed by atoms with van der Waals surface area (Å²) in [5.74, 6) is 1.80. The molecule has 5 heteroatoms. The number of aryl methyl sites for hydroxylation is 4. The van der Waals surface area contributed by atoms with Crippen molar-refractivity contribution in [1.82, 2.24) is 14.5 Å². The van der Waals surface area contributed by atoms with Crippen LogP contribution in [-0.4, -0.2) is 33.7 Å². The van der Waals surface area contributed by atoms with Crippen LogP contribution in [0.25, 0.3) is 27.6 Å². The number of anilines is 1. The van der Waals surface area contributed by atoms with E-state index < -0.39 is 0 Å². The van der Waals surface area contributed by atoms with Crippen LogP contribution in [0.2, 0.25) is 0 Å². The van der Waals surface area contributed by atoms with Crippen LogP contribution in [-0.2, 0) is 0 Å². The number of nitrogens with zero attached hydrogens (tertiary/aromatic N) is 4. The standard InChI is InChI=1S/C24H27N5/c1-14-11-15(2)22(16(3)12-14)29-20-8-6-5-7-19(20)21-23(26-17(4)27-24(21)29)28-10-9-18(25)13-28/h5-8,11-12,18H,9-10,13,25H2,1-4H3. The summed E-state index contributed by atoms with van der Waals surface area (Å²) in [6.07, 6.45) is 0.999. The molecule has 0 saturated carbocycles. The third-order valence-electron chi connectivity index (χ3n) is 5.99. The number of fused-ring (bicyclic) bond motifs is 3. The predicted octanol–water partition coefficient (Wildman–Crippen LogP) is 4.34. The molecule has 2 N–H and O–H groups in total. The molecule has 1 unspecified atom stereocenters. The molecule has 148 valence electrons. The maximum absolute atomic E-state index is 6.22. The number of hydrogen-bond donors (Lipinski definition) is 1. The zero-order chi connectivity index (χ0) is 20.3. The van der Waals surface area contributed by atoms with Crippen LogP contribution in [0.3, 0.4) is 0 Å². The van der Waals surface area contributed by atoms with Gasteiger partial charge in [-0.3, -0.25) is 4.57 Å². The second-order valence-electron chi connectivity index (χ2n) is 8.39. The molecule has 0 radical (unpaired) electrons. The van der Waals surface area contributed by atoms with E-state index in [2.05, 4.69) is 66.6 Å². The highest BCUT2D eigenvalue weighted by molar-refractivity contribution is 6.13. The number of para-hydroxylation sites is 1.